The maximum Gasteiger partial charge on any atom is 0.347 e. The molecule has 0 aromatic heterocycles. The summed E-state index contributed by atoms with van der Waals surface area (Å²) >= 11 is 5.85. The van der Waals surface area contributed by atoms with Crippen LogP contribution in [0.5, 0.6) is 0 Å². The first kappa shape index (κ1) is 20.6. The Morgan fingerprint density at radius 2 is 1.56 bits per heavy atom. The highest BCUT2D eigenvalue weighted by atomic mass is 35.5. The van der Waals surface area contributed by atoms with Crippen LogP contribution in [0.1, 0.15) is 23.2 Å². The number of hydrogen-bond acceptors (Lipinski definition) is 8. The topological polar surface area (TPSA) is 105 Å². The summed E-state index contributed by atoms with van der Waals surface area (Å²) in [7, 11) is 3.29. The zero-order valence-corrected chi connectivity index (χ0v) is 14.6. The molecule has 25 heavy (non-hydrogen) atoms. The molecule has 0 heterocycles. The number of methoxy groups -OCH3 is 3. The molecule has 1 aromatic carbocycles. The molecule has 8 nitrogen and oxygen atoms in total. The van der Waals surface area contributed by atoms with Gasteiger partial charge in [0, 0.05) is 7.11 Å². The Hall–Kier alpha value is -2.45. The van der Waals surface area contributed by atoms with E-state index in [2.05, 4.69) is 14.2 Å². The Morgan fingerprint density at radius 3 is 2.08 bits per heavy atom. The van der Waals surface area contributed by atoms with Gasteiger partial charge in [-0.1, -0.05) is 23.7 Å². The highest BCUT2D eigenvalue weighted by Crippen LogP contribution is 2.24. The van der Waals surface area contributed by atoms with E-state index >= 15 is 0 Å². The molecule has 0 aliphatic carbocycles. The Labute approximate surface area is 148 Å². The lowest BCUT2D eigenvalue weighted by atomic mass is 9.95. The van der Waals surface area contributed by atoms with Gasteiger partial charge in [-0.15, -0.1) is 0 Å². The van der Waals surface area contributed by atoms with Gasteiger partial charge in [0.1, 0.15) is 0 Å². The summed E-state index contributed by atoms with van der Waals surface area (Å²) in [5, 5.41) is 0.0980. The fourth-order valence-corrected chi connectivity index (χ4v) is 2.19. The smallest absolute Gasteiger partial charge is 0.347 e. The predicted octanol–water partition coefficient (Wildman–Crippen LogP) is 1.53. The Bertz CT molecular complexity index is 672. The Balaban J connectivity index is 2.94. The number of ether oxygens (including phenoxy) is 4. The van der Waals surface area contributed by atoms with Crippen LogP contribution < -0.4 is 0 Å². The van der Waals surface area contributed by atoms with Crippen LogP contribution >= 0.6 is 11.6 Å². The van der Waals surface area contributed by atoms with Crippen LogP contribution in [0, 0.1) is 0 Å². The van der Waals surface area contributed by atoms with Crippen LogP contribution in [-0.2, 0) is 33.3 Å². The van der Waals surface area contributed by atoms with E-state index in [0.29, 0.717) is 0 Å². The Morgan fingerprint density at radius 1 is 0.960 bits per heavy atom. The van der Waals surface area contributed by atoms with Crippen LogP contribution in [0.25, 0.3) is 0 Å². The molecular formula is C16H17ClO8. The standard InChI is InChI=1S/C16H17ClO8/c1-22-12(18)8-16(24-3,15(21)23-2)9-13(19)25-14(20)10-6-4-5-7-11(10)17/h4-7H,8-9H2,1-3H3. The second-order valence-corrected chi connectivity index (χ2v) is 5.27. The lowest BCUT2D eigenvalue weighted by molar-refractivity contribution is -0.177. The van der Waals surface area contributed by atoms with E-state index in [1.165, 1.54) is 18.2 Å². The molecule has 0 aliphatic heterocycles. The first-order valence-electron chi connectivity index (χ1n) is 6.99. The van der Waals surface area contributed by atoms with Gasteiger partial charge in [0.15, 0.2) is 5.60 Å². The van der Waals surface area contributed by atoms with E-state index in [-0.39, 0.29) is 10.6 Å². The van der Waals surface area contributed by atoms with Gasteiger partial charge < -0.3 is 18.9 Å². The molecule has 0 spiro atoms. The minimum Gasteiger partial charge on any atom is -0.469 e. The summed E-state index contributed by atoms with van der Waals surface area (Å²) in [6.45, 7) is 0. The predicted molar refractivity (Wildman–Crippen MR) is 84.9 cm³/mol. The third-order valence-electron chi connectivity index (χ3n) is 3.34. The monoisotopic (exact) mass is 372 g/mol. The molecule has 0 aliphatic rings. The van der Waals surface area contributed by atoms with Crippen LogP contribution in [0.2, 0.25) is 5.02 Å². The molecule has 0 saturated carbocycles. The van der Waals surface area contributed by atoms with Gasteiger partial charge in [-0.05, 0) is 12.1 Å². The van der Waals surface area contributed by atoms with Crippen molar-refractivity contribution in [2.75, 3.05) is 21.3 Å². The second-order valence-electron chi connectivity index (χ2n) is 4.86. The minimum absolute atomic E-state index is 0.0217. The Kier molecular flexibility index (Phi) is 7.53. The summed E-state index contributed by atoms with van der Waals surface area (Å²) in [4.78, 5) is 47.6. The van der Waals surface area contributed by atoms with Gasteiger partial charge >= 0.3 is 23.9 Å². The van der Waals surface area contributed by atoms with Crippen molar-refractivity contribution in [3.05, 3.63) is 34.9 Å². The molecule has 0 saturated heterocycles. The molecule has 0 fully saturated rings. The van der Waals surface area contributed by atoms with Crippen LogP contribution in [-0.4, -0.2) is 50.8 Å². The number of rotatable bonds is 7. The third-order valence-corrected chi connectivity index (χ3v) is 3.67. The molecule has 0 N–H and O–H groups in total. The van der Waals surface area contributed by atoms with Crippen molar-refractivity contribution in [1.29, 1.82) is 0 Å². The van der Waals surface area contributed by atoms with E-state index < -0.39 is 42.3 Å². The summed E-state index contributed by atoms with van der Waals surface area (Å²) in [6, 6.07) is 5.96. The zero-order chi connectivity index (χ0) is 19.0. The lowest BCUT2D eigenvalue weighted by Gasteiger charge is -2.27. The third kappa shape index (κ3) is 5.27. The molecule has 1 atom stereocenters. The first-order chi connectivity index (χ1) is 11.8. The van der Waals surface area contributed by atoms with Crippen molar-refractivity contribution >= 4 is 35.5 Å². The first-order valence-corrected chi connectivity index (χ1v) is 7.37. The van der Waals surface area contributed by atoms with Crippen molar-refractivity contribution in [3.63, 3.8) is 0 Å². The van der Waals surface area contributed by atoms with Crippen molar-refractivity contribution in [2.24, 2.45) is 0 Å². The largest absolute Gasteiger partial charge is 0.469 e. The van der Waals surface area contributed by atoms with E-state index in [1.807, 2.05) is 0 Å². The SMILES string of the molecule is COC(=O)CC(CC(=O)OC(=O)c1ccccc1Cl)(OC)C(=O)OC. The number of carbonyl (C=O) groups is 4. The van der Waals surface area contributed by atoms with Crippen LogP contribution in [0.15, 0.2) is 24.3 Å². The zero-order valence-electron chi connectivity index (χ0n) is 13.9. The normalized spacial score (nSPS) is 12.6. The minimum atomic E-state index is -1.97. The maximum atomic E-state index is 12.1. The lowest BCUT2D eigenvalue weighted by Crippen LogP contribution is -2.46. The van der Waals surface area contributed by atoms with Crippen LogP contribution in [0.3, 0.4) is 0 Å². The number of halogens is 1. The average molecular weight is 373 g/mol. The van der Waals surface area contributed by atoms with Crippen LogP contribution in [0.4, 0.5) is 0 Å². The second kappa shape index (κ2) is 9.14. The highest BCUT2D eigenvalue weighted by Gasteiger charge is 2.45. The number of benzene rings is 1. The molecule has 0 bridgehead atoms. The summed E-state index contributed by atoms with van der Waals surface area (Å²) < 4.78 is 18.8. The maximum absolute atomic E-state index is 12.1. The van der Waals surface area contributed by atoms with E-state index in [4.69, 9.17) is 16.3 Å². The van der Waals surface area contributed by atoms with E-state index in [1.54, 1.807) is 6.07 Å². The van der Waals surface area contributed by atoms with E-state index in [9.17, 15) is 19.2 Å². The van der Waals surface area contributed by atoms with Crippen molar-refractivity contribution in [1.82, 2.24) is 0 Å². The van der Waals surface area contributed by atoms with Crippen molar-refractivity contribution < 1.29 is 38.1 Å². The molecule has 1 unspecified atom stereocenters. The van der Waals surface area contributed by atoms with Gasteiger partial charge in [-0.2, -0.15) is 0 Å². The number of hydrogen-bond donors (Lipinski definition) is 0. The summed E-state index contributed by atoms with van der Waals surface area (Å²) in [6.07, 6.45) is -1.33. The van der Waals surface area contributed by atoms with Gasteiger partial charge in [0.25, 0.3) is 0 Å². The summed E-state index contributed by atoms with van der Waals surface area (Å²) in [5.41, 5.74) is -1.99. The fraction of sp³-hybridized carbons (Fsp3) is 0.375. The molecule has 0 amide bonds. The van der Waals surface area contributed by atoms with Gasteiger partial charge in [0.05, 0.1) is 37.6 Å². The molecule has 136 valence electrons. The fourth-order valence-electron chi connectivity index (χ4n) is 1.98. The quantitative estimate of drug-likeness (QED) is 0.403. The van der Waals surface area contributed by atoms with Gasteiger partial charge in [-0.3, -0.25) is 9.59 Å². The highest BCUT2D eigenvalue weighted by molar-refractivity contribution is 6.33. The molecule has 1 rings (SSSR count). The average Bonchev–Trinajstić information content (AvgIpc) is 2.60. The van der Waals surface area contributed by atoms with Crippen molar-refractivity contribution in [3.8, 4) is 0 Å². The summed E-state index contributed by atoms with van der Waals surface area (Å²) in [5.74, 6) is -3.88. The van der Waals surface area contributed by atoms with E-state index in [0.717, 1.165) is 21.3 Å². The molecule has 1 aromatic rings. The van der Waals surface area contributed by atoms with Gasteiger partial charge in [-0.25, -0.2) is 9.59 Å². The number of esters is 4. The molecule has 0 radical (unpaired) electrons. The molecular weight excluding hydrogens is 356 g/mol. The number of carbonyl (C=O) groups excluding carboxylic acids is 4. The van der Waals surface area contributed by atoms with Gasteiger partial charge in [0.2, 0.25) is 0 Å². The molecule has 9 heteroatoms. The van der Waals surface area contributed by atoms with Crippen molar-refractivity contribution in [2.45, 2.75) is 18.4 Å².